The summed E-state index contributed by atoms with van der Waals surface area (Å²) in [7, 11) is -3.33. The van der Waals surface area contributed by atoms with Crippen LogP contribution in [0.15, 0.2) is 29.3 Å². The molecule has 7 nitrogen and oxygen atoms in total. The van der Waals surface area contributed by atoms with E-state index in [0.717, 1.165) is 11.9 Å². The van der Waals surface area contributed by atoms with E-state index in [9.17, 15) is 13.2 Å². The monoisotopic (exact) mass is 334 g/mol. The highest BCUT2D eigenvalue weighted by molar-refractivity contribution is 7.90. The van der Waals surface area contributed by atoms with Gasteiger partial charge in [0, 0.05) is 31.0 Å². The van der Waals surface area contributed by atoms with Gasteiger partial charge in [-0.2, -0.15) is 5.10 Å². The molecule has 0 saturated carbocycles. The molecule has 1 fully saturated rings. The predicted molar refractivity (Wildman–Crippen MR) is 83.9 cm³/mol. The second-order valence-electron chi connectivity index (χ2n) is 5.82. The van der Waals surface area contributed by atoms with Crippen LogP contribution in [0.3, 0.4) is 0 Å². The van der Waals surface area contributed by atoms with Crippen LogP contribution in [-0.2, 0) is 9.84 Å². The molecule has 23 heavy (non-hydrogen) atoms. The molecule has 1 unspecified atom stereocenters. The van der Waals surface area contributed by atoms with E-state index >= 15 is 0 Å². The van der Waals surface area contributed by atoms with Gasteiger partial charge >= 0.3 is 0 Å². The Hall–Kier alpha value is -2.22. The average molecular weight is 334 g/mol. The summed E-state index contributed by atoms with van der Waals surface area (Å²) in [4.78, 5) is 18.7. The van der Waals surface area contributed by atoms with Crippen molar-refractivity contribution in [1.29, 1.82) is 0 Å². The zero-order valence-electron chi connectivity index (χ0n) is 13.0. The molecule has 1 atom stereocenters. The third-order valence-corrected chi connectivity index (χ3v) is 5.15. The number of nitrogens with zero attached hydrogens (tertiary/aromatic N) is 3. The molecule has 122 valence electrons. The van der Waals surface area contributed by atoms with Crippen molar-refractivity contribution >= 4 is 15.7 Å². The first-order valence-electron chi connectivity index (χ1n) is 7.32. The lowest BCUT2D eigenvalue weighted by Gasteiger charge is -2.16. The Balaban J connectivity index is 1.79. The summed E-state index contributed by atoms with van der Waals surface area (Å²) in [6.45, 7) is 2.87. The minimum Gasteiger partial charge on any atom is -0.337 e. The molecule has 1 aliphatic rings. The predicted octanol–water partition coefficient (Wildman–Crippen LogP) is 1.15. The molecule has 3 rings (SSSR count). The minimum atomic E-state index is -3.33. The number of hydrogen-bond donors (Lipinski definition) is 1. The average Bonchev–Trinajstić information content (AvgIpc) is 3.14. The third-order valence-electron chi connectivity index (χ3n) is 4.02. The number of carbonyl (C=O) groups excluding carboxylic acids is 1. The number of pyridine rings is 1. The number of rotatable bonds is 3. The smallest absolute Gasteiger partial charge is 0.272 e. The number of H-pyrrole nitrogens is 1. The van der Waals surface area contributed by atoms with Crippen LogP contribution in [0.1, 0.15) is 34.2 Å². The van der Waals surface area contributed by atoms with E-state index in [1.54, 1.807) is 17.0 Å². The fourth-order valence-corrected chi connectivity index (χ4v) is 3.73. The highest BCUT2D eigenvalue weighted by Gasteiger charge is 2.32. The number of hydrogen-bond acceptors (Lipinski definition) is 5. The Bertz CT molecular complexity index is 844. The van der Waals surface area contributed by atoms with Crippen molar-refractivity contribution in [3.05, 3.63) is 41.5 Å². The van der Waals surface area contributed by atoms with Gasteiger partial charge < -0.3 is 4.90 Å². The van der Waals surface area contributed by atoms with Crippen molar-refractivity contribution in [2.24, 2.45) is 0 Å². The molecule has 1 amide bonds. The van der Waals surface area contributed by atoms with Gasteiger partial charge in [0.25, 0.3) is 5.91 Å². The van der Waals surface area contributed by atoms with E-state index in [-0.39, 0.29) is 16.7 Å². The van der Waals surface area contributed by atoms with Crippen LogP contribution in [0.25, 0.3) is 0 Å². The molecule has 2 aromatic rings. The molecule has 0 aliphatic carbocycles. The SMILES string of the molecule is Cc1cccc(C(=O)N2CCC(c3[nH]ncc3S(C)(=O)=O)C2)n1. The zero-order valence-corrected chi connectivity index (χ0v) is 13.8. The number of aromatic amines is 1. The van der Waals surface area contributed by atoms with Crippen LogP contribution >= 0.6 is 0 Å². The van der Waals surface area contributed by atoms with Gasteiger partial charge in [-0.25, -0.2) is 13.4 Å². The van der Waals surface area contributed by atoms with Crippen LogP contribution in [0.5, 0.6) is 0 Å². The van der Waals surface area contributed by atoms with Gasteiger partial charge in [0.15, 0.2) is 9.84 Å². The second-order valence-corrected chi connectivity index (χ2v) is 7.81. The lowest BCUT2D eigenvalue weighted by Crippen LogP contribution is -2.29. The van der Waals surface area contributed by atoms with Crippen molar-refractivity contribution in [3.8, 4) is 0 Å². The van der Waals surface area contributed by atoms with Crippen LogP contribution < -0.4 is 0 Å². The van der Waals surface area contributed by atoms with Gasteiger partial charge in [-0.1, -0.05) is 6.07 Å². The molecule has 8 heteroatoms. The van der Waals surface area contributed by atoms with E-state index < -0.39 is 9.84 Å². The Morgan fingerprint density at radius 3 is 2.87 bits per heavy atom. The molecule has 0 radical (unpaired) electrons. The summed E-state index contributed by atoms with van der Waals surface area (Å²) in [6.07, 6.45) is 3.19. The Morgan fingerprint density at radius 2 is 2.17 bits per heavy atom. The fraction of sp³-hybridized carbons (Fsp3) is 0.400. The first-order valence-corrected chi connectivity index (χ1v) is 9.21. The second kappa shape index (κ2) is 5.77. The lowest BCUT2D eigenvalue weighted by atomic mass is 10.1. The molecule has 0 spiro atoms. The minimum absolute atomic E-state index is 0.0593. The summed E-state index contributed by atoms with van der Waals surface area (Å²) < 4.78 is 23.6. The summed E-state index contributed by atoms with van der Waals surface area (Å²) in [5.41, 5.74) is 1.79. The van der Waals surface area contributed by atoms with E-state index in [2.05, 4.69) is 15.2 Å². The maximum Gasteiger partial charge on any atom is 0.272 e. The number of aromatic nitrogens is 3. The van der Waals surface area contributed by atoms with Crippen molar-refractivity contribution in [2.75, 3.05) is 19.3 Å². The van der Waals surface area contributed by atoms with Gasteiger partial charge in [0.2, 0.25) is 0 Å². The molecule has 2 aromatic heterocycles. The zero-order chi connectivity index (χ0) is 16.6. The van der Waals surface area contributed by atoms with Crippen LogP contribution in [-0.4, -0.2) is 53.8 Å². The molecule has 1 N–H and O–H groups in total. The number of aryl methyl sites for hydroxylation is 1. The quantitative estimate of drug-likeness (QED) is 0.908. The number of amides is 1. The van der Waals surface area contributed by atoms with Gasteiger partial charge in [0.1, 0.15) is 10.6 Å². The highest BCUT2D eigenvalue weighted by Crippen LogP contribution is 2.30. The third kappa shape index (κ3) is 3.12. The van der Waals surface area contributed by atoms with Gasteiger partial charge in [-0.3, -0.25) is 9.89 Å². The molecule has 0 aromatic carbocycles. The summed E-state index contributed by atoms with van der Waals surface area (Å²) >= 11 is 0. The van der Waals surface area contributed by atoms with Crippen molar-refractivity contribution in [2.45, 2.75) is 24.2 Å². The maximum absolute atomic E-state index is 12.5. The summed E-state index contributed by atoms with van der Waals surface area (Å²) in [6, 6.07) is 5.34. The molecular weight excluding hydrogens is 316 g/mol. The molecule has 3 heterocycles. The maximum atomic E-state index is 12.5. The molecular formula is C15H18N4O3S. The van der Waals surface area contributed by atoms with E-state index in [4.69, 9.17) is 0 Å². The fourth-order valence-electron chi connectivity index (χ4n) is 2.88. The first kappa shape index (κ1) is 15.7. The van der Waals surface area contributed by atoms with Gasteiger partial charge in [-0.15, -0.1) is 0 Å². The molecule has 1 saturated heterocycles. The molecule has 0 bridgehead atoms. The van der Waals surface area contributed by atoms with E-state index in [1.165, 1.54) is 6.20 Å². The molecule has 1 aliphatic heterocycles. The Labute approximate surface area is 134 Å². The first-order chi connectivity index (χ1) is 10.9. The lowest BCUT2D eigenvalue weighted by molar-refractivity contribution is 0.0784. The summed E-state index contributed by atoms with van der Waals surface area (Å²) in [5.74, 6) is -0.187. The number of sulfone groups is 1. The summed E-state index contributed by atoms with van der Waals surface area (Å²) in [5, 5.41) is 6.63. The number of likely N-dealkylation sites (tertiary alicyclic amines) is 1. The Kier molecular flexibility index (Phi) is 3.93. The highest BCUT2D eigenvalue weighted by atomic mass is 32.2. The largest absolute Gasteiger partial charge is 0.337 e. The topological polar surface area (TPSA) is 96.0 Å². The number of carbonyl (C=O) groups is 1. The number of nitrogens with one attached hydrogen (secondary N) is 1. The van der Waals surface area contributed by atoms with Crippen molar-refractivity contribution < 1.29 is 13.2 Å². The van der Waals surface area contributed by atoms with Crippen molar-refractivity contribution in [3.63, 3.8) is 0 Å². The van der Waals surface area contributed by atoms with Crippen LogP contribution in [0.2, 0.25) is 0 Å². The van der Waals surface area contributed by atoms with E-state index in [1.807, 2.05) is 13.0 Å². The Morgan fingerprint density at radius 1 is 1.39 bits per heavy atom. The van der Waals surface area contributed by atoms with Crippen molar-refractivity contribution in [1.82, 2.24) is 20.1 Å². The van der Waals surface area contributed by atoms with Crippen LogP contribution in [0.4, 0.5) is 0 Å². The van der Waals surface area contributed by atoms with Gasteiger partial charge in [0.05, 0.1) is 11.9 Å². The van der Waals surface area contributed by atoms with E-state index in [0.29, 0.717) is 30.9 Å². The van der Waals surface area contributed by atoms with Crippen LogP contribution in [0, 0.1) is 6.92 Å². The van der Waals surface area contributed by atoms with Gasteiger partial charge in [-0.05, 0) is 25.5 Å². The standard InChI is InChI=1S/C15H18N4O3S/c1-10-4-3-5-12(17-10)15(20)19-7-6-11(9-19)14-13(8-16-18-14)23(2,21)22/h3-5,8,11H,6-7,9H2,1-2H3,(H,16,18). The normalized spacial score (nSPS) is 18.3.